The van der Waals surface area contributed by atoms with Crippen LogP contribution in [0, 0.1) is 0 Å². The van der Waals surface area contributed by atoms with Gasteiger partial charge >= 0.3 is 0 Å². The van der Waals surface area contributed by atoms with Crippen LogP contribution in [0.1, 0.15) is 58.7 Å². The molecule has 7 nitrogen and oxygen atoms in total. The van der Waals surface area contributed by atoms with E-state index in [4.69, 9.17) is 0 Å². The number of nitrogens with one attached hydrogen (secondary N) is 1. The van der Waals surface area contributed by atoms with E-state index in [1.54, 1.807) is 37.4 Å². The molecule has 0 bridgehead atoms. The van der Waals surface area contributed by atoms with Gasteiger partial charge in [-0.25, -0.2) is 4.98 Å². The number of anilines is 1. The van der Waals surface area contributed by atoms with Gasteiger partial charge in [-0.05, 0) is 45.4 Å². The molecule has 2 atom stereocenters. The summed E-state index contributed by atoms with van der Waals surface area (Å²) in [5.41, 5.74) is 0.675. The van der Waals surface area contributed by atoms with Gasteiger partial charge in [-0.1, -0.05) is 18.6 Å². The van der Waals surface area contributed by atoms with Gasteiger partial charge in [-0.15, -0.1) is 11.3 Å². The van der Waals surface area contributed by atoms with Crippen LogP contribution in [0.15, 0.2) is 30.5 Å². The maximum absolute atomic E-state index is 12.7. The van der Waals surface area contributed by atoms with Crippen molar-refractivity contribution in [1.29, 1.82) is 0 Å². The minimum absolute atomic E-state index is 0.337. The van der Waals surface area contributed by atoms with Crippen LogP contribution in [0.25, 0.3) is 0 Å². The first-order valence-electron chi connectivity index (χ1n) is 9.92. The highest BCUT2D eigenvalue weighted by Gasteiger charge is 2.40. The first kappa shape index (κ1) is 19.7. The van der Waals surface area contributed by atoms with Crippen LogP contribution >= 0.6 is 11.3 Å². The molecule has 1 fully saturated rings. The van der Waals surface area contributed by atoms with E-state index in [1.165, 1.54) is 30.6 Å². The van der Waals surface area contributed by atoms with Crippen molar-refractivity contribution in [2.24, 2.45) is 0 Å². The van der Waals surface area contributed by atoms with Crippen molar-refractivity contribution in [3.8, 4) is 0 Å². The lowest BCUT2D eigenvalue weighted by molar-refractivity contribution is -0.119. The Balaban J connectivity index is 1.40. The molecule has 0 spiro atoms. The standard InChI is InChI=1S/C21H24N4O3S/c1-13-7-5-6-10-24(13)12-15-11-22-21(29-15)23-18(26)14(2)25-19(27)16-8-3-4-9-17(16)20(25)28/h3-4,8-9,11,13-14H,5-7,10,12H2,1-2H3,(H,22,23,26). The monoisotopic (exact) mass is 412 g/mol. The summed E-state index contributed by atoms with van der Waals surface area (Å²) in [6.45, 7) is 5.70. The summed E-state index contributed by atoms with van der Waals surface area (Å²) in [5, 5.41) is 3.24. The summed E-state index contributed by atoms with van der Waals surface area (Å²) in [6.07, 6.45) is 5.48. The Kier molecular flexibility index (Phi) is 5.47. The number of benzene rings is 1. The van der Waals surface area contributed by atoms with Crippen LogP contribution in [0.2, 0.25) is 0 Å². The largest absolute Gasteiger partial charge is 0.300 e. The van der Waals surface area contributed by atoms with Crippen molar-refractivity contribution >= 4 is 34.2 Å². The Bertz CT molecular complexity index is 922. The van der Waals surface area contributed by atoms with Crippen LogP contribution in [0.3, 0.4) is 0 Å². The fourth-order valence-electron chi connectivity index (χ4n) is 3.92. The van der Waals surface area contributed by atoms with Crippen molar-refractivity contribution in [1.82, 2.24) is 14.8 Å². The van der Waals surface area contributed by atoms with E-state index >= 15 is 0 Å². The lowest BCUT2D eigenvalue weighted by atomic mass is 10.0. The Morgan fingerprint density at radius 1 is 1.24 bits per heavy atom. The average molecular weight is 413 g/mol. The number of rotatable bonds is 5. The van der Waals surface area contributed by atoms with Crippen LogP contribution in [0.5, 0.6) is 0 Å². The average Bonchev–Trinajstić information content (AvgIpc) is 3.26. The second-order valence-electron chi connectivity index (χ2n) is 7.64. The third-order valence-corrected chi connectivity index (χ3v) is 6.57. The minimum atomic E-state index is -0.920. The highest BCUT2D eigenvalue weighted by molar-refractivity contribution is 7.15. The first-order chi connectivity index (χ1) is 14.0. The van der Waals surface area contributed by atoms with E-state index < -0.39 is 23.8 Å². The van der Waals surface area contributed by atoms with Gasteiger partial charge in [0.05, 0.1) is 11.1 Å². The molecular formula is C21H24N4O3S. The quantitative estimate of drug-likeness (QED) is 0.763. The summed E-state index contributed by atoms with van der Waals surface area (Å²) in [6, 6.07) is 6.26. The van der Waals surface area contributed by atoms with E-state index in [9.17, 15) is 14.4 Å². The van der Waals surface area contributed by atoms with Gasteiger partial charge < -0.3 is 5.32 Å². The molecule has 1 aromatic heterocycles. The van der Waals surface area contributed by atoms with Gasteiger partial charge in [0, 0.05) is 23.7 Å². The fourth-order valence-corrected chi connectivity index (χ4v) is 4.76. The number of likely N-dealkylation sites (tertiary alicyclic amines) is 1. The molecule has 0 saturated carbocycles. The smallest absolute Gasteiger partial charge is 0.262 e. The number of carbonyl (C=O) groups is 3. The zero-order chi connectivity index (χ0) is 20.5. The van der Waals surface area contributed by atoms with Gasteiger partial charge in [0.25, 0.3) is 11.8 Å². The summed E-state index contributed by atoms with van der Waals surface area (Å²) < 4.78 is 0. The highest BCUT2D eigenvalue weighted by Crippen LogP contribution is 2.27. The van der Waals surface area contributed by atoms with Gasteiger partial charge in [0.1, 0.15) is 6.04 Å². The summed E-state index contributed by atoms with van der Waals surface area (Å²) in [7, 11) is 0. The molecule has 2 aliphatic rings. The molecule has 3 amide bonds. The van der Waals surface area contributed by atoms with Gasteiger partial charge in [0.2, 0.25) is 5.91 Å². The number of hydrogen-bond donors (Lipinski definition) is 1. The van der Waals surface area contributed by atoms with Crippen molar-refractivity contribution in [3.05, 3.63) is 46.5 Å². The molecule has 8 heteroatoms. The molecule has 3 heterocycles. The van der Waals surface area contributed by atoms with Crippen LogP contribution < -0.4 is 5.32 Å². The van der Waals surface area contributed by atoms with Gasteiger partial charge in [0.15, 0.2) is 5.13 Å². The minimum Gasteiger partial charge on any atom is -0.300 e. The van der Waals surface area contributed by atoms with Crippen LogP contribution in [0.4, 0.5) is 5.13 Å². The normalized spacial score (nSPS) is 20.6. The van der Waals surface area contributed by atoms with Gasteiger partial charge in [-0.3, -0.25) is 24.2 Å². The molecule has 1 aromatic carbocycles. The van der Waals surface area contributed by atoms with Crippen molar-refractivity contribution < 1.29 is 14.4 Å². The highest BCUT2D eigenvalue weighted by atomic mass is 32.1. The van der Waals surface area contributed by atoms with Crippen LogP contribution in [-0.2, 0) is 11.3 Å². The third-order valence-electron chi connectivity index (χ3n) is 5.68. The third kappa shape index (κ3) is 3.82. The summed E-state index contributed by atoms with van der Waals surface area (Å²) in [4.78, 5) is 46.7. The van der Waals surface area contributed by atoms with E-state index in [0.29, 0.717) is 22.3 Å². The summed E-state index contributed by atoms with van der Waals surface area (Å²) >= 11 is 1.43. The number of thiazole rings is 1. The maximum Gasteiger partial charge on any atom is 0.262 e. The van der Waals surface area contributed by atoms with Crippen molar-refractivity contribution in [3.63, 3.8) is 0 Å². The predicted octanol–water partition coefficient (Wildman–Crippen LogP) is 3.14. The molecular weight excluding hydrogens is 388 g/mol. The van der Waals surface area contributed by atoms with Crippen molar-refractivity contribution in [2.45, 2.75) is 51.7 Å². The molecule has 1 N–H and O–H groups in total. The molecule has 29 heavy (non-hydrogen) atoms. The lowest BCUT2D eigenvalue weighted by Gasteiger charge is -2.32. The van der Waals surface area contributed by atoms with E-state index in [0.717, 1.165) is 22.9 Å². The fraction of sp³-hybridized carbons (Fsp3) is 0.429. The molecule has 2 aromatic rings. The van der Waals surface area contributed by atoms with E-state index in [-0.39, 0.29) is 0 Å². The Labute approximate surface area is 173 Å². The molecule has 0 radical (unpaired) electrons. The summed E-state index contributed by atoms with van der Waals surface area (Å²) in [5.74, 6) is -1.30. The number of carbonyl (C=O) groups excluding carboxylic acids is 3. The number of nitrogens with zero attached hydrogens (tertiary/aromatic N) is 3. The number of amides is 3. The van der Waals surface area contributed by atoms with E-state index in [1.807, 2.05) is 0 Å². The topological polar surface area (TPSA) is 82.6 Å². The van der Waals surface area contributed by atoms with Gasteiger partial charge in [-0.2, -0.15) is 0 Å². The number of fused-ring (bicyclic) bond motifs is 1. The molecule has 152 valence electrons. The number of piperidine rings is 1. The number of hydrogen-bond acceptors (Lipinski definition) is 6. The molecule has 0 aliphatic carbocycles. The first-order valence-corrected chi connectivity index (χ1v) is 10.7. The van der Waals surface area contributed by atoms with E-state index in [2.05, 4.69) is 22.1 Å². The van der Waals surface area contributed by atoms with Crippen molar-refractivity contribution in [2.75, 3.05) is 11.9 Å². The maximum atomic E-state index is 12.7. The predicted molar refractivity (Wildman–Crippen MR) is 111 cm³/mol. The Morgan fingerprint density at radius 2 is 1.93 bits per heavy atom. The SMILES string of the molecule is CC1CCCCN1Cc1cnc(NC(=O)C(C)N2C(=O)c3ccccc3C2=O)s1. The second-order valence-corrected chi connectivity index (χ2v) is 8.75. The zero-order valence-corrected chi connectivity index (χ0v) is 17.4. The second kappa shape index (κ2) is 8.04. The van der Waals surface area contributed by atoms with Crippen LogP contribution in [-0.4, -0.2) is 51.1 Å². The molecule has 4 rings (SSSR count). The Morgan fingerprint density at radius 3 is 2.59 bits per heavy atom. The molecule has 1 saturated heterocycles. The lowest BCUT2D eigenvalue weighted by Crippen LogP contribution is -2.45. The Hall–Kier alpha value is -2.58. The molecule has 2 aliphatic heterocycles. The molecule has 2 unspecified atom stereocenters. The zero-order valence-electron chi connectivity index (χ0n) is 16.6. The number of aromatic nitrogens is 1. The number of imide groups is 1.